The molecule has 1 amide bonds. The van der Waals surface area contributed by atoms with Crippen molar-refractivity contribution in [3.8, 4) is 6.07 Å². The highest BCUT2D eigenvalue weighted by molar-refractivity contribution is 7.21. The number of aryl methyl sites for hydroxylation is 1. The number of aromatic nitrogens is 1. The minimum Gasteiger partial charge on any atom is -0.397 e. The minimum atomic E-state index is -0.432. The average Bonchev–Trinajstić information content (AvgIpc) is 2.87. The van der Waals surface area contributed by atoms with Gasteiger partial charge >= 0.3 is 0 Å². The summed E-state index contributed by atoms with van der Waals surface area (Å²) in [6.07, 6.45) is 0. The lowest BCUT2D eigenvalue weighted by Gasteiger charge is -2.05. The molecule has 0 atom stereocenters. The van der Waals surface area contributed by atoms with Crippen molar-refractivity contribution in [2.75, 3.05) is 16.8 Å². The zero-order valence-corrected chi connectivity index (χ0v) is 13.4. The monoisotopic (exact) mass is 341 g/mol. The van der Waals surface area contributed by atoms with Gasteiger partial charge in [0.1, 0.15) is 27.4 Å². The Hall–Kier alpha value is -3.18. The van der Waals surface area contributed by atoms with Crippen LogP contribution in [0.5, 0.6) is 0 Å². The van der Waals surface area contributed by atoms with E-state index >= 15 is 0 Å². The van der Waals surface area contributed by atoms with E-state index in [9.17, 15) is 9.18 Å². The highest BCUT2D eigenvalue weighted by atomic mass is 32.1. The van der Waals surface area contributed by atoms with Crippen LogP contribution in [-0.4, -0.2) is 10.9 Å². The van der Waals surface area contributed by atoms with Crippen LogP contribution in [0.2, 0.25) is 0 Å². The molecule has 5 N–H and O–H groups in total. The molecule has 3 rings (SSSR count). The third kappa shape index (κ3) is 2.51. The summed E-state index contributed by atoms with van der Waals surface area (Å²) in [5.41, 5.74) is 13.4. The first-order valence-corrected chi connectivity index (χ1v) is 7.69. The third-order valence-corrected chi connectivity index (χ3v) is 4.67. The standard InChI is InChI=1S/C16H12FN5OS/c1-7-10(6-18)14(20)22-16-11(7)12(19)13(24-16)15(23)21-9-4-2-8(17)3-5-9/h2-5H,19H2,1H3,(H2,20,22)(H,21,23). The fourth-order valence-corrected chi connectivity index (χ4v) is 3.44. The number of nitriles is 1. The number of anilines is 3. The molecule has 0 aliphatic rings. The van der Waals surface area contributed by atoms with Crippen molar-refractivity contribution < 1.29 is 9.18 Å². The first kappa shape index (κ1) is 15.7. The van der Waals surface area contributed by atoms with Crippen LogP contribution in [0.4, 0.5) is 21.6 Å². The summed E-state index contributed by atoms with van der Waals surface area (Å²) in [5, 5.41) is 12.4. The quantitative estimate of drug-likeness (QED) is 0.662. The molecule has 0 radical (unpaired) electrons. The Balaban J connectivity index is 2.05. The first-order chi connectivity index (χ1) is 11.4. The fraction of sp³-hybridized carbons (Fsp3) is 0.0625. The molecule has 1 aromatic carbocycles. The number of pyridine rings is 1. The molecule has 0 bridgehead atoms. The summed E-state index contributed by atoms with van der Waals surface area (Å²) in [4.78, 5) is 17.4. The van der Waals surface area contributed by atoms with Gasteiger partial charge in [-0.05, 0) is 36.8 Å². The molecule has 0 saturated carbocycles. The molecule has 24 heavy (non-hydrogen) atoms. The predicted octanol–water partition coefficient (Wildman–Crippen LogP) is 3.03. The number of nitrogens with one attached hydrogen (secondary N) is 1. The van der Waals surface area contributed by atoms with E-state index in [2.05, 4.69) is 10.3 Å². The SMILES string of the molecule is Cc1c(C#N)c(N)nc2sc(C(=O)Nc3ccc(F)cc3)c(N)c12. The summed E-state index contributed by atoms with van der Waals surface area (Å²) in [6, 6.07) is 7.38. The molecule has 8 heteroatoms. The van der Waals surface area contributed by atoms with Crippen LogP contribution in [-0.2, 0) is 0 Å². The van der Waals surface area contributed by atoms with Gasteiger partial charge in [0, 0.05) is 11.1 Å². The highest BCUT2D eigenvalue weighted by Crippen LogP contribution is 2.37. The Labute approximate surface area is 140 Å². The van der Waals surface area contributed by atoms with Gasteiger partial charge in [-0.25, -0.2) is 9.37 Å². The first-order valence-electron chi connectivity index (χ1n) is 6.87. The number of hydrogen-bond donors (Lipinski definition) is 3. The topological polar surface area (TPSA) is 118 Å². The summed E-state index contributed by atoms with van der Waals surface area (Å²) >= 11 is 1.09. The van der Waals surface area contributed by atoms with Crippen molar-refractivity contribution in [2.24, 2.45) is 0 Å². The largest absolute Gasteiger partial charge is 0.397 e. The van der Waals surface area contributed by atoms with Crippen molar-refractivity contribution in [3.63, 3.8) is 0 Å². The summed E-state index contributed by atoms with van der Waals surface area (Å²) in [7, 11) is 0. The molecular weight excluding hydrogens is 329 g/mol. The number of hydrogen-bond acceptors (Lipinski definition) is 6. The van der Waals surface area contributed by atoms with Crippen LogP contribution in [0.25, 0.3) is 10.2 Å². The van der Waals surface area contributed by atoms with Crippen molar-refractivity contribution in [3.05, 3.63) is 46.1 Å². The normalized spacial score (nSPS) is 10.5. The Kier molecular flexibility index (Phi) is 3.79. The molecule has 0 aliphatic heterocycles. The van der Waals surface area contributed by atoms with Crippen LogP contribution >= 0.6 is 11.3 Å². The number of fused-ring (bicyclic) bond motifs is 1. The summed E-state index contributed by atoms with van der Waals surface area (Å²) < 4.78 is 12.9. The Morgan fingerprint density at radius 1 is 1.33 bits per heavy atom. The van der Waals surface area contributed by atoms with Gasteiger partial charge in [-0.1, -0.05) is 0 Å². The number of amides is 1. The van der Waals surface area contributed by atoms with Gasteiger partial charge in [0.25, 0.3) is 5.91 Å². The van der Waals surface area contributed by atoms with E-state index in [-0.39, 0.29) is 21.9 Å². The second-order valence-corrected chi connectivity index (χ2v) is 6.09. The van der Waals surface area contributed by atoms with Crippen molar-refractivity contribution in [1.82, 2.24) is 4.98 Å². The van der Waals surface area contributed by atoms with Crippen LogP contribution in [0, 0.1) is 24.1 Å². The second kappa shape index (κ2) is 5.79. The Morgan fingerprint density at radius 3 is 2.62 bits per heavy atom. The van der Waals surface area contributed by atoms with Crippen LogP contribution in [0.15, 0.2) is 24.3 Å². The zero-order chi connectivity index (χ0) is 17.4. The lowest BCUT2D eigenvalue weighted by molar-refractivity contribution is 0.103. The van der Waals surface area contributed by atoms with E-state index in [4.69, 9.17) is 16.7 Å². The molecule has 0 fully saturated rings. The smallest absolute Gasteiger partial charge is 0.267 e. The number of halogens is 1. The molecular formula is C16H12FN5OS. The van der Waals surface area contributed by atoms with Crippen LogP contribution in [0.3, 0.4) is 0 Å². The molecule has 120 valence electrons. The van der Waals surface area contributed by atoms with Gasteiger partial charge < -0.3 is 16.8 Å². The Morgan fingerprint density at radius 2 is 2.00 bits per heavy atom. The maximum Gasteiger partial charge on any atom is 0.267 e. The number of thiophene rings is 1. The average molecular weight is 341 g/mol. The Bertz CT molecular complexity index is 1000. The molecule has 0 saturated heterocycles. The second-order valence-electron chi connectivity index (χ2n) is 5.09. The van der Waals surface area contributed by atoms with Crippen LogP contribution in [0.1, 0.15) is 20.8 Å². The number of nitrogens with two attached hydrogens (primary N) is 2. The number of nitrogens with zero attached hydrogens (tertiary/aromatic N) is 2. The minimum absolute atomic E-state index is 0.106. The van der Waals surface area contributed by atoms with E-state index in [0.29, 0.717) is 21.5 Å². The van der Waals surface area contributed by atoms with E-state index in [1.807, 2.05) is 6.07 Å². The molecule has 0 aliphatic carbocycles. The lowest BCUT2D eigenvalue weighted by atomic mass is 10.1. The number of carbonyl (C=O) groups is 1. The van der Waals surface area contributed by atoms with Crippen molar-refractivity contribution in [1.29, 1.82) is 5.26 Å². The van der Waals surface area contributed by atoms with Crippen LogP contribution < -0.4 is 16.8 Å². The maximum absolute atomic E-state index is 12.9. The van der Waals surface area contributed by atoms with Crippen molar-refractivity contribution in [2.45, 2.75) is 6.92 Å². The molecule has 0 unspecified atom stereocenters. The predicted molar refractivity (Wildman–Crippen MR) is 92.2 cm³/mol. The van der Waals surface area contributed by atoms with E-state index < -0.39 is 11.7 Å². The molecule has 2 heterocycles. The van der Waals surface area contributed by atoms with Gasteiger partial charge in [-0.15, -0.1) is 11.3 Å². The van der Waals surface area contributed by atoms with Gasteiger partial charge in [-0.2, -0.15) is 5.26 Å². The maximum atomic E-state index is 12.9. The van der Waals surface area contributed by atoms with Crippen molar-refractivity contribution >= 4 is 44.7 Å². The fourth-order valence-electron chi connectivity index (χ4n) is 2.39. The van der Waals surface area contributed by atoms with E-state index in [1.165, 1.54) is 24.3 Å². The van der Waals surface area contributed by atoms with Gasteiger partial charge in [0.2, 0.25) is 0 Å². The molecule has 2 aromatic heterocycles. The zero-order valence-electron chi connectivity index (χ0n) is 12.6. The molecule has 3 aromatic rings. The number of benzene rings is 1. The van der Waals surface area contributed by atoms with E-state index in [0.717, 1.165) is 11.3 Å². The van der Waals surface area contributed by atoms with Gasteiger partial charge in [-0.3, -0.25) is 4.79 Å². The number of carbonyl (C=O) groups excluding carboxylic acids is 1. The highest BCUT2D eigenvalue weighted by Gasteiger charge is 2.21. The molecule has 6 nitrogen and oxygen atoms in total. The summed E-state index contributed by atoms with van der Waals surface area (Å²) in [6.45, 7) is 1.71. The molecule has 0 spiro atoms. The van der Waals surface area contributed by atoms with Gasteiger partial charge in [0.05, 0.1) is 11.3 Å². The van der Waals surface area contributed by atoms with Gasteiger partial charge in [0.15, 0.2) is 0 Å². The number of rotatable bonds is 2. The summed E-state index contributed by atoms with van der Waals surface area (Å²) in [5.74, 6) is -0.721. The lowest BCUT2D eigenvalue weighted by Crippen LogP contribution is -2.12. The third-order valence-electron chi connectivity index (χ3n) is 3.57. The number of nitrogen functional groups attached to an aromatic ring is 2. The van der Waals surface area contributed by atoms with E-state index in [1.54, 1.807) is 6.92 Å².